The molecule has 0 radical (unpaired) electrons. The number of carbonyl (C=O) groups excluding carboxylic acids is 1. The minimum atomic E-state index is -0.758. The molecule has 0 aromatic heterocycles. The number of ether oxygens (including phenoxy) is 13. The van der Waals surface area contributed by atoms with Crippen molar-refractivity contribution >= 4 is 5.97 Å². The van der Waals surface area contributed by atoms with Gasteiger partial charge in [-0.3, -0.25) is 0 Å². The fraction of sp³-hybridized carbons (Fsp3) is 0.553. The van der Waals surface area contributed by atoms with Crippen LogP contribution >= 0.6 is 0 Å². The maximum absolute atomic E-state index is 11.2. The normalized spacial score (nSPS) is 11.6. The van der Waals surface area contributed by atoms with E-state index in [0.717, 1.165) is 16.7 Å². The molecule has 0 spiro atoms. The molecule has 0 saturated carbocycles. The Balaban J connectivity index is 1.01. The number of benzene rings is 3. The zero-order chi connectivity index (χ0) is 43.2. The zero-order valence-electron chi connectivity index (χ0n) is 36.1. The van der Waals surface area contributed by atoms with Gasteiger partial charge in [-0.2, -0.15) is 0 Å². The quantitative estimate of drug-likeness (QED) is 0.0316. The number of rotatable bonds is 41. The topological polar surface area (TPSA) is 137 Å². The Kier molecular flexibility index (Phi) is 30.5. The lowest BCUT2D eigenvalue weighted by atomic mass is 9.80. The number of carbonyl (C=O) groups is 1. The second-order valence-electron chi connectivity index (χ2n) is 13.3. The molecular weight excluding hydrogens is 789 g/mol. The molecule has 0 N–H and O–H groups in total. The third-order valence-corrected chi connectivity index (χ3v) is 8.62. The average Bonchev–Trinajstić information content (AvgIpc) is 3.29. The molecular formula is C47H68O14. The Labute approximate surface area is 362 Å². The van der Waals surface area contributed by atoms with Crippen LogP contribution < -0.4 is 0 Å². The fourth-order valence-corrected chi connectivity index (χ4v) is 5.64. The van der Waals surface area contributed by atoms with E-state index in [-0.39, 0.29) is 6.61 Å². The summed E-state index contributed by atoms with van der Waals surface area (Å²) in [7, 11) is 0. The predicted octanol–water partition coefficient (Wildman–Crippen LogP) is 5.30. The van der Waals surface area contributed by atoms with Crippen LogP contribution in [0.1, 0.15) is 23.6 Å². The van der Waals surface area contributed by atoms with Crippen LogP contribution in [0.15, 0.2) is 103 Å². The first-order valence-corrected chi connectivity index (χ1v) is 21.1. The lowest BCUT2D eigenvalue weighted by molar-refractivity contribution is -0.140. The van der Waals surface area contributed by atoms with Crippen molar-refractivity contribution in [2.45, 2.75) is 12.5 Å². The third-order valence-electron chi connectivity index (χ3n) is 8.62. The van der Waals surface area contributed by atoms with Gasteiger partial charge < -0.3 is 61.6 Å². The van der Waals surface area contributed by atoms with Crippen LogP contribution in [0.5, 0.6) is 0 Å². The molecule has 14 nitrogen and oxygen atoms in total. The molecule has 0 fully saturated rings. The van der Waals surface area contributed by atoms with Crippen molar-refractivity contribution in [3.05, 3.63) is 120 Å². The molecule has 3 aromatic carbocycles. The SMILES string of the molecule is C=C(C)C(=O)OCCOCCOCCOCCOCCOCCOCCOCCOCCOCCOCCOCCOC(c1ccccc1)(c1ccccc1)c1ccccc1. The first-order valence-electron chi connectivity index (χ1n) is 21.1. The Hall–Kier alpha value is -3.61. The third kappa shape index (κ3) is 24.0. The van der Waals surface area contributed by atoms with Crippen LogP contribution in [-0.4, -0.2) is 165 Å². The molecule has 0 aliphatic heterocycles. The van der Waals surface area contributed by atoms with Gasteiger partial charge in [0.05, 0.1) is 152 Å². The maximum Gasteiger partial charge on any atom is 0.333 e. The molecule has 0 bridgehead atoms. The van der Waals surface area contributed by atoms with Crippen molar-refractivity contribution in [3.63, 3.8) is 0 Å². The monoisotopic (exact) mass is 856 g/mol. The van der Waals surface area contributed by atoms with E-state index in [9.17, 15) is 4.79 Å². The van der Waals surface area contributed by atoms with Crippen LogP contribution in [0.4, 0.5) is 0 Å². The van der Waals surface area contributed by atoms with Crippen LogP contribution in [0.2, 0.25) is 0 Å². The molecule has 0 aliphatic rings. The Morgan fingerprint density at radius 3 is 0.803 bits per heavy atom. The van der Waals surface area contributed by atoms with Gasteiger partial charge in [-0.05, 0) is 23.6 Å². The van der Waals surface area contributed by atoms with Crippen molar-refractivity contribution in [3.8, 4) is 0 Å². The van der Waals surface area contributed by atoms with E-state index in [1.54, 1.807) is 6.92 Å². The smallest absolute Gasteiger partial charge is 0.333 e. The molecule has 3 aromatic rings. The van der Waals surface area contributed by atoms with Gasteiger partial charge in [0.1, 0.15) is 12.2 Å². The van der Waals surface area contributed by atoms with Crippen molar-refractivity contribution in [2.24, 2.45) is 0 Å². The number of hydrogen-bond acceptors (Lipinski definition) is 14. The van der Waals surface area contributed by atoms with Gasteiger partial charge in [0.15, 0.2) is 0 Å². The summed E-state index contributed by atoms with van der Waals surface area (Å²) in [6.45, 7) is 16.0. The largest absolute Gasteiger partial charge is 0.460 e. The Morgan fingerprint density at radius 1 is 0.361 bits per heavy atom. The highest BCUT2D eigenvalue weighted by Crippen LogP contribution is 2.40. The van der Waals surface area contributed by atoms with Crippen molar-refractivity contribution in [1.82, 2.24) is 0 Å². The summed E-state index contributed by atoms with van der Waals surface area (Å²) in [5, 5.41) is 0. The first-order chi connectivity index (χ1) is 30.1. The highest BCUT2D eigenvalue weighted by molar-refractivity contribution is 5.86. The van der Waals surface area contributed by atoms with E-state index in [0.29, 0.717) is 158 Å². The van der Waals surface area contributed by atoms with E-state index in [4.69, 9.17) is 61.6 Å². The van der Waals surface area contributed by atoms with Crippen molar-refractivity contribution < 1.29 is 66.4 Å². The van der Waals surface area contributed by atoms with Crippen LogP contribution in [0.3, 0.4) is 0 Å². The highest BCUT2D eigenvalue weighted by Gasteiger charge is 2.37. The van der Waals surface area contributed by atoms with E-state index in [2.05, 4.69) is 43.0 Å². The Bertz CT molecular complexity index is 1370. The number of esters is 1. The molecule has 14 heteroatoms. The average molecular weight is 857 g/mol. The molecule has 0 heterocycles. The van der Waals surface area contributed by atoms with Crippen LogP contribution in [0, 0.1) is 0 Å². The van der Waals surface area contributed by atoms with Gasteiger partial charge >= 0.3 is 5.97 Å². The van der Waals surface area contributed by atoms with Gasteiger partial charge in [-0.25, -0.2) is 4.79 Å². The lowest BCUT2D eigenvalue weighted by Crippen LogP contribution is -2.34. The van der Waals surface area contributed by atoms with Gasteiger partial charge in [0.25, 0.3) is 0 Å². The van der Waals surface area contributed by atoms with Crippen LogP contribution in [0.25, 0.3) is 0 Å². The van der Waals surface area contributed by atoms with Gasteiger partial charge in [0, 0.05) is 5.57 Å². The van der Waals surface area contributed by atoms with E-state index >= 15 is 0 Å². The summed E-state index contributed by atoms with van der Waals surface area (Å²) < 4.78 is 72.6. The standard InChI is InChI=1S/C47H68O14/c1-42(2)46(48)60-40-38-58-36-34-56-32-30-54-28-26-52-24-22-50-20-18-49-19-21-51-23-25-53-27-29-55-31-33-57-35-37-59-39-41-61-47(43-12-6-3-7-13-43,44-14-8-4-9-15-44)45-16-10-5-11-17-45/h3-17H,1,18-41H2,2H3. The van der Waals surface area contributed by atoms with E-state index in [1.165, 1.54) is 0 Å². The molecule has 0 atom stereocenters. The van der Waals surface area contributed by atoms with Crippen molar-refractivity contribution in [1.29, 1.82) is 0 Å². The minimum absolute atomic E-state index is 0.195. The molecule has 340 valence electrons. The fourth-order valence-electron chi connectivity index (χ4n) is 5.64. The van der Waals surface area contributed by atoms with E-state index < -0.39 is 11.6 Å². The van der Waals surface area contributed by atoms with Gasteiger partial charge in [0.2, 0.25) is 0 Å². The van der Waals surface area contributed by atoms with Gasteiger partial charge in [-0.15, -0.1) is 0 Å². The molecule has 0 unspecified atom stereocenters. The van der Waals surface area contributed by atoms with Gasteiger partial charge in [-0.1, -0.05) is 97.6 Å². The summed E-state index contributed by atoms with van der Waals surface area (Å²) >= 11 is 0. The molecule has 0 amide bonds. The first kappa shape index (κ1) is 51.7. The summed E-state index contributed by atoms with van der Waals surface area (Å²) in [6.07, 6.45) is 0. The molecule has 0 saturated heterocycles. The summed E-state index contributed by atoms with van der Waals surface area (Å²) in [5.41, 5.74) is 2.80. The minimum Gasteiger partial charge on any atom is -0.460 e. The molecule has 0 aliphatic carbocycles. The highest BCUT2D eigenvalue weighted by atomic mass is 16.6. The Morgan fingerprint density at radius 2 is 0.574 bits per heavy atom. The summed E-state index contributed by atoms with van der Waals surface area (Å²) in [6, 6.07) is 30.9. The molecule has 3 rings (SSSR count). The second kappa shape index (κ2) is 35.9. The second-order valence-corrected chi connectivity index (χ2v) is 13.3. The number of hydrogen-bond donors (Lipinski definition) is 0. The maximum atomic E-state index is 11.2. The predicted molar refractivity (Wildman–Crippen MR) is 230 cm³/mol. The molecule has 61 heavy (non-hydrogen) atoms. The van der Waals surface area contributed by atoms with E-state index in [1.807, 2.05) is 54.6 Å². The van der Waals surface area contributed by atoms with Crippen molar-refractivity contribution in [2.75, 3.05) is 159 Å². The van der Waals surface area contributed by atoms with Crippen LogP contribution in [-0.2, 0) is 72.0 Å². The zero-order valence-corrected chi connectivity index (χ0v) is 36.1. The summed E-state index contributed by atoms with van der Waals surface area (Å²) in [4.78, 5) is 11.2. The summed E-state index contributed by atoms with van der Waals surface area (Å²) in [5.74, 6) is -0.415. The lowest BCUT2D eigenvalue weighted by Gasteiger charge is -2.36.